The van der Waals surface area contributed by atoms with Gasteiger partial charge in [-0.15, -0.1) is 0 Å². The van der Waals surface area contributed by atoms with E-state index in [4.69, 9.17) is 0 Å². The molecule has 0 aliphatic carbocycles. The SMILES string of the molecule is Cc1ccc(S(=O)(=O)N2CCC(C(=O)Nc3ccccc3C)CC2)c(C)c1. The zero-order chi connectivity index (χ0) is 19.6. The summed E-state index contributed by atoms with van der Waals surface area (Å²) < 4.78 is 27.4. The number of piperidine rings is 1. The van der Waals surface area contributed by atoms with Crippen molar-refractivity contribution in [1.82, 2.24) is 4.31 Å². The zero-order valence-corrected chi connectivity index (χ0v) is 16.8. The summed E-state index contributed by atoms with van der Waals surface area (Å²) in [6.45, 7) is 6.45. The van der Waals surface area contributed by atoms with Gasteiger partial charge in [0.1, 0.15) is 0 Å². The van der Waals surface area contributed by atoms with Crippen molar-refractivity contribution in [2.45, 2.75) is 38.5 Å². The Morgan fingerprint density at radius 1 is 1.00 bits per heavy atom. The van der Waals surface area contributed by atoms with Gasteiger partial charge in [0.15, 0.2) is 0 Å². The summed E-state index contributed by atoms with van der Waals surface area (Å²) in [7, 11) is -3.52. The summed E-state index contributed by atoms with van der Waals surface area (Å²) in [6, 6.07) is 13.0. The van der Waals surface area contributed by atoms with E-state index in [2.05, 4.69) is 5.32 Å². The Kier molecular flexibility index (Phi) is 5.67. The minimum Gasteiger partial charge on any atom is -0.326 e. The maximum Gasteiger partial charge on any atom is 0.243 e. The van der Waals surface area contributed by atoms with Crippen molar-refractivity contribution < 1.29 is 13.2 Å². The second-order valence-electron chi connectivity index (χ2n) is 7.25. The summed E-state index contributed by atoms with van der Waals surface area (Å²) in [5.74, 6) is -0.206. The van der Waals surface area contributed by atoms with Crippen LogP contribution < -0.4 is 5.32 Å². The highest BCUT2D eigenvalue weighted by Crippen LogP contribution is 2.27. The second kappa shape index (κ2) is 7.82. The number of nitrogens with zero attached hydrogens (tertiary/aromatic N) is 1. The van der Waals surface area contributed by atoms with Crippen LogP contribution in [0, 0.1) is 26.7 Å². The standard InChI is InChI=1S/C21H26N2O3S/c1-15-8-9-20(17(3)14-15)27(25,26)23-12-10-18(11-13-23)21(24)22-19-7-5-4-6-16(19)2/h4-9,14,18H,10-13H2,1-3H3,(H,22,24). The monoisotopic (exact) mass is 386 g/mol. The predicted molar refractivity (Wildman–Crippen MR) is 107 cm³/mol. The summed E-state index contributed by atoms with van der Waals surface area (Å²) in [5.41, 5.74) is 3.63. The zero-order valence-electron chi connectivity index (χ0n) is 16.0. The maximum atomic E-state index is 13.0. The second-order valence-corrected chi connectivity index (χ2v) is 9.16. The molecule has 1 aliphatic heterocycles. The lowest BCUT2D eigenvalue weighted by atomic mass is 9.97. The number of sulfonamides is 1. The molecule has 0 radical (unpaired) electrons. The van der Waals surface area contributed by atoms with Gasteiger partial charge in [-0.1, -0.05) is 35.9 Å². The number of aryl methyl sites for hydroxylation is 3. The average Bonchev–Trinajstić information content (AvgIpc) is 2.63. The molecule has 0 bridgehead atoms. The van der Waals surface area contributed by atoms with Gasteiger partial charge in [-0.3, -0.25) is 4.79 Å². The van der Waals surface area contributed by atoms with Gasteiger partial charge < -0.3 is 5.32 Å². The van der Waals surface area contributed by atoms with E-state index in [1.165, 1.54) is 4.31 Å². The van der Waals surface area contributed by atoms with E-state index >= 15 is 0 Å². The van der Waals surface area contributed by atoms with Gasteiger partial charge in [0.05, 0.1) is 4.90 Å². The quantitative estimate of drug-likeness (QED) is 0.872. The first-order valence-electron chi connectivity index (χ1n) is 9.23. The van der Waals surface area contributed by atoms with Crippen LogP contribution in [0.3, 0.4) is 0 Å². The van der Waals surface area contributed by atoms with Gasteiger partial charge >= 0.3 is 0 Å². The minimum absolute atomic E-state index is 0.0344. The lowest BCUT2D eigenvalue weighted by Crippen LogP contribution is -2.41. The summed E-state index contributed by atoms with van der Waals surface area (Å²) in [4.78, 5) is 12.9. The number of hydrogen-bond acceptors (Lipinski definition) is 3. The topological polar surface area (TPSA) is 66.5 Å². The number of hydrogen-bond donors (Lipinski definition) is 1. The lowest BCUT2D eigenvalue weighted by molar-refractivity contribution is -0.120. The molecule has 0 spiro atoms. The van der Waals surface area contributed by atoms with Crippen LogP contribution in [0.1, 0.15) is 29.5 Å². The van der Waals surface area contributed by atoms with E-state index in [1.54, 1.807) is 6.07 Å². The molecule has 6 heteroatoms. The van der Waals surface area contributed by atoms with E-state index < -0.39 is 10.0 Å². The Morgan fingerprint density at radius 3 is 2.30 bits per heavy atom. The Morgan fingerprint density at radius 2 is 1.67 bits per heavy atom. The number of nitrogens with one attached hydrogen (secondary N) is 1. The summed E-state index contributed by atoms with van der Waals surface area (Å²) in [6.07, 6.45) is 1.06. The molecular weight excluding hydrogens is 360 g/mol. The van der Waals surface area contributed by atoms with Crippen molar-refractivity contribution >= 4 is 21.6 Å². The Hall–Kier alpha value is -2.18. The van der Waals surface area contributed by atoms with Gasteiger partial charge in [-0.25, -0.2) is 8.42 Å². The molecule has 0 atom stereocenters. The van der Waals surface area contributed by atoms with Gasteiger partial charge in [0.25, 0.3) is 0 Å². The fourth-order valence-electron chi connectivity index (χ4n) is 3.53. The smallest absolute Gasteiger partial charge is 0.243 e. The number of para-hydroxylation sites is 1. The molecule has 1 fully saturated rings. The maximum absolute atomic E-state index is 13.0. The van der Waals surface area contributed by atoms with Crippen molar-refractivity contribution in [3.63, 3.8) is 0 Å². The van der Waals surface area contributed by atoms with Crippen LogP contribution in [0.15, 0.2) is 47.4 Å². The highest BCUT2D eigenvalue weighted by molar-refractivity contribution is 7.89. The van der Waals surface area contributed by atoms with Crippen molar-refractivity contribution in [2.75, 3.05) is 18.4 Å². The first kappa shape index (κ1) is 19.6. The van der Waals surface area contributed by atoms with Crippen LogP contribution in [0.5, 0.6) is 0 Å². The number of carbonyl (C=O) groups excluding carboxylic acids is 1. The highest BCUT2D eigenvalue weighted by atomic mass is 32.2. The molecule has 1 amide bonds. The third-order valence-corrected chi connectivity index (χ3v) is 7.23. The third-order valence-electron chi connectivity index (χ3n) is 5.18. The first-order valence-corrected chi connectivity index (χ1v) is 10.7. The molecule has 1 saturated heterocycles. The number of carbonyl (C=O) groups is 1. The van der Waals surface area contributed by atoms with Crippen LogP contribution in [-0.2, 0) is 14.8 Å². The normalized spacial score (nSPS) is 16.3. The minimum atomic E-state index is -3.52. The molecule has 1 aliphatic rings. The molecule has 5 nitrogen and oxygen atoms in total. The number of amides is 1. The summed E-state index contributed by atoms with van der Waals surface area (Å²) in [5, 5.41) is 2.97. The largest absolute Gasteiger partial charge is 0.326 e. The van der Waals surface area contributed by atoms with Crippen LogP contribution >= 0.6 is 0 Å². The van der Waals surface area contributed by atoms with Gasteiger partial charge in [0.2, 0.25) is 15.9 Å². The van der Waals surface area contributed by atoms with Crippen molar-refractivity contribution in [3.8, 4) is 0 Å². The molecule has 0 saturated carbocycles. The fraction of sp³-hybridized carbons (Fsp3) is 0.381. The van der Waals surface area contributed by atoms with Gasteiger partial charge in [-0.2, -0.15) is 4.31 Å². The average molecular weight is 387 g/mol. The first-order chi connectivity index (χ1) is 12.8. The van der Waals surface area contributed by atoms with E-state index in [9.17, 15) is 13.2 Å². The van der Waals surface area contributed by atoms with Crippen molar-refractivity contribution in [2.24, 2.45) is 5.92 Å². The fourth-order valence-corrected chi connectivity index (χ4v) is 5.21. The predicted octanol–water partition coefficient (Wildman–Crippen LogP) is 3.65. The van der Waals surface area contributed by atoms with E-state index in [0.717, 1.165) is 22.4 Å². The Bertz CT molecular complexity index is 946. The molecule has 27 heavy (non-hydrogen) atoms. The number of anilines is 1. The molecule has 3 rings (SSSR count). The van der Waals surface area contributed by atoms with Crippen molar-refractivity contribution in [1.29, 1.82) is 0 Å². The van der Waals surface area contributed by atoms with Crippen molar-refractivity contribution in [3.05, 3.63) is 59.2 Å². The van der Waals surface area contributed by atoms with E-state index in [1.807, 2.05) is 57.2 Å². The molecule has 2 aromatic rings. The lowest BCUT2D eigenvalue weighted by Gasteiger charge is -2.31. The Balaban J connectivity index is 1.66. The van der Waals surface area contributed by atoms with Gasteiger partial charge in [0, 0.05) is 24.7 Å². The van der Waals surface area contributed by atoms with Crippen LogP contribution in [0.2, 0.25) is 0 Å². The molecular formula is C21H26N2O3S. The molecule has 1 heterocycles. The third kappa shape index (κ3) is 4.22. The van der Waals surface area contributed by atoms with Gasteiger partial charge in [-0.05, 0) is 56.9 Å². The highest BCUT2D eigenvalue weighted by Gasteiger charge is 2.32. The Labute approximate surface area is 161 Å². The molecule has 144 valence electrons. The van der Waals surface area contributed by atoms with Crippen LogP contribution in [0.25, 0.3) is 0 Å². The van der Waals surface area contributed by atoms with Crippen LogP contribution in [-0.4, -0.2) is 31.7 Å². The molecule has 0 unspecified atom stereocenters. The molecule has 0 aromatic heterocycles. The van der Waals surface area contributed by atoms with Crippen LogP contribution in [0.4, 0.5) is 5.69 Å². The number of rotatable bonds is 4. The van der Waals surface area contributed by atoms with E-state index in [0.29, 0.717) is 30.8 Å². The van der Waals surface area contributed by atoms with E-state index in [-0.39, 0.29) is 11.8 Å². The number of benzene rings is 2. The molecule has 1 N–H and O–H groups in total. The summed E-state index contributed by atoms with van der Waals surface area (Å²) >= 11 is 0. The molecule has 2 aromatic carbocycles.